The first-order valence-corrected chi connectivity index (χ1v) is 14.8. The molecule has 7 rings (SSSR count). The molecule has 0 bridgehead atoms. The van der Waals surface area contributed by atoms with Crippen molar-refractivity contribution in [3.63, 3.8) is 0 Å². The Bertz CT molecular complexity index is 1760. The van der Waals surface area contributed by atoms with Gasteiger partial charge >= 0.3 is 0 Å². The largest absolute Gasteiger partial charge is 0.461 e. The number of rotatable bonds is 8. The minimum absolute atomic E-state index is 0.169. The zero-order valence-corrected chi connectivity index (χ0v) is 24.3. The molecule has 2 saturated heterocycles. The summed E-state index contributed by atoms with van der Waals surface area (Å²) in [5.41, 5.74) is 6.86. The second kappa shape index (κ2) is 12.1. The summed E-state index contributed by atoms with van der Waals surface area (Å²) in [6.07, 6.45) is 3.36. The third-order valence-corrected chi connectivity index (χ3v) is 8.59. The highest BCUT2D eigenvalue weighted by Crippen LogP contribution is 2.29. The van der Waals surface area contributed by atoms with Gasteiger partial charge in [-0.1, -0.05) is 12.1 Å². The number of aromatic nitrogens is 5. The van der Waals surface area contributed by atoms with Gasteiger partial charge in [-0.25, -0.2) is 17.6 Å². The normalized spacial score (nSPS) is 19.0. The Kier molecular flexibility index (Phi) is 7.83. The Morgan fingerprint density at radius 3 is 2.27 bits per heavy atom. The van der Waals surface area contributed by atoms with Crippen LogP contribution < -0.4 is 10.6 Å². The van der Waals surface area contributed by atoms with Crippen molar-refractivity contribution in [3.8, 4) is 11.6 Å². The summed E-state index contributed by atoms with van der Waals surface area (Å²) in [4.78, 5) is 20.1. The quantitative estimate of drug-likeness (QED) is 0.251. The van der Waals surface area contributed by atoms with Crippen LogP contribution in [0.2, 0.25) is 0 Å². The molecular weight excluding hydrogens is 590 g/mol. The number of hydrogen-bond acceptors (Lipinski definition) is 9. The Hall–Kier alpha value is -4.56. The summed E-state index contributed by atoms with van der Waals surface area (Å²) >= 11 is 0. The van der Waals surface area contributed by atoms with Crippen molar-refractivity contribution in [2.75, 3.05) is 43.4 Å². The Labute approximate surface area is 256 Å². The van der Waals surface area contributed by atoms with Crippen molar-refractivity contribution in [1.82, 2.24) is 34.4 Å². The molecule has 0 radical (unpaired) electrons. The molecule has 3 aromatic heterocycles. The van der Waals surface area contributed by atoms with Crippen molar-refractivity contribution in [3.05, 3.63) is 89.2 Å². The van der Waals surface area contributed by atoms with Crippen molar-refractivity contribution in [2.24, 2.45) is 5.92 Å². The molecule has 234 valence electrons. The predicted octanol–water partition coefficient (Wildman–Crippen LogP) is 4.52. The van der Waals surface area contributed by atoms with Gasteiger partial charge in [0, 0.05) is 75.1 Å². The summed E-state index contributed by atoms with van der Waals surface area (Å²) in [6.45, 7) is 3.90. The van der Waals surface area contributed by atoms with Crippen LogP contribution in [0.3, 0.4) is 0 Å². The third kappa shape index (κ3) is 6.20. The van der Waals surface area contributed by atoms with Gasteiger partial charge in [-0.2, -0.15) is 19.5 Å². The number of furan rings is 1. The maximum Gasteiger partial charge on any atom is 0.259 e. The number of nitrogen functional groups attached to an aromatic ring is 1. The highest BCUT2D eigenvalue weighted by Gasteiger charge is 2.35. The van der Waals surface area contributed by atoms with Gasteiger partial charge in [-0.15, -0.1) is 5.10 Å². The molecule has 5 heterocycles. The van der Waals surface area contributed by atoms with Crippen LogP contribution in [-0.2, 0) is 13.1 Å². The van der Waals surface area contributed by atoms with Gasteiger partial charge in [0.2, 0.25) is 17.7 Å². The number of piperidine rings is 1. The second-order valence-corrected chi connectivity index (χ2v) is 11.7. The van der Waals surface area contributed by atoms with E-state index in [2.05, 4.69) is 29.9 Å². The number of nitrogens with zero attached hydrogens (tertiary/aromatic N) is 8. The molecule has 0 aliphatic carbocycles. The van der Waals surface area contributed by atoms with E-state index in [4.69, 9.17) is 10.2 Å². The van der Waals surface area contributed by atoms with Crippen molar-refractivity contribution in [1.29, 1.82) is 0 Å². The maximum absolute atomic E-state index is 14.6. The zero-order chi connectivity index (χ0) is 31.1. The van der Waals surface area contributed by atoms with E-state index in [1.807, 2.05) is 4.90 Å². The van der Waals surface area contributed by atoms with Gasteiger partial charge in [-0.05, 0) is 43.0 Å². The van der Waals surface area contributed by atoms with E-state index in [9.17, 15) is 17.6 Å². The van der Waals surface area contributed by atoms with Crippen LogP contribution in [0, 0.1) is 29.2 Å². The number of anilines is 2. The van der Waals surface area contributed by atoms with Crippen LogP contribution in [0.15, 0.2) is 59.2 Å². The van der Waals surface area contributed by atoms with Gasteiger partial charge in [0.25, 0.3) is 5.78 Å². The van der Waals surface area contributed by atoms with E-state index in [0.29, 0.717) is 54.1 Å². The maximum atomic E-state index is 14.6. The SMILES string of the molecule is Nc1nc(N2CCN3CC(CN(Cc4ccc(F)cc4F)Cc4ccc(F)cc4F)CCC3C2)nc2nc(-c3ccco3)nn12. The lowest BCUT2D eigenvalue weighted by Gasteiger charge is -2.47. The fraction of sp³-hybridized carbons (Fsp3) is 0.355. The first-order chi connectivity index (χ1) is 21.8. The van der Waals surface area contributed by atoms with Crippen molar-refractivity contribution < 1.29 is 22.0 Å². The lowest BCUT2D eigenvalue weighted by atomic mass is 9.90. The molecule has 2 N–H and O–H groups in total. The highest BCUT2D eigenvalue weighted by molar-refractivity contribution is 5.53. The lowest BCUT2D eigenvalue weighted by Crippen LogP contribution is -2.57. The van der Waals surface area contributed by atoms with Crippen LogP contribution in [0.25, 0.3) is 17.4 Å². The van der Waals surface area contributed by atoms with E-state index in [0.717, 1.165) is 38.1 Å². The molecule has 5 aromatic rings. The van der Waals surface area contributed by atoms with Crippen LogP contribution in [-0.4, -0.2) is 73.1 Å². The molecule has 2 aliphatic rings. The summed E-state index contributed by atoms with van der Waals surface area (Å²) in [6, 6.07) is 10.8. The molecule has 0 spiro atoms. The first kappa shape index (κ1) is 29.2. The molecule has 2 fully saturated rings. The van der Waals surface area contributed by atoms with Crippen molar-refractivity contribution >= 4 is 17.7 Å². The van der Waals surface area contributed by atoms with Crippen molar-refractivity contribution in [2.45, 2.75) is 32.0 Å². The Balaban J connectivity index is 1.03. The number of fused-ring (bicyclic) bond motifs is 2. The summed E-state index contributed by atoms with van der Waals surface area (Å²) in [5.74, 6) is -0.473. The highest BCUT2D eigenvalue weighted by atomic mass is 19.1. The van der Waals surface area contributed by atoms with Gasteiger partial charge in [0.15, 0.2) is 5.76 Å². The molecular formula is C31H31F4N9O. The van der Waals surface area contributed by atoms with Gasteiger partial charge < -0.3 is 15.1 Å². The number of benzene rings is 2. The molecule has 2 aromatic carbocycles. The number of piperazine rings is 1. The Morgan fingerprint density at radius 2 is 1.60 bits per heavy atom. The van der Waals surface area contributed by atoms with E-state index in [-0.39, 0.29) is 31.0 Å². The minimum Gasteiger partial charge on any atom is -0.461 e. The Morgan fingerprint density at radius 1 is 0.867 bits per heavy atom. The van der Waals surface area contributed by atoms with Crippen LogP contribution in [0.5, 0.6) is 0 Å². The average Bonchev–Trinajstić information content (AvgIpc) is 3.70. The molecule has 0 saturated carbocycles. The van der Waals surface area contributed by atoms with E-state index in [1.165, 1.54) is 28.8 Å². The zero-order valence-electron chi connectivity index (χ0n) is 24.3. The van der Waals surface area contributed by atoms with Gasteiger partial charge in [-0.3, -0.25) is 9.80 Å². The van der Waals surface area contributed by atoms with Gasteiger partial charge in [0.05, 0.1) is 6.26 Å². The smallest absolute Gasteiger partial charge is 0.259 e. The predicted molar refractivity (Wildman–Crippen MR) is 158 cm³/mol. The van der Waals surface area contributed by atoms with Crippen LogP contribution in [0.1, 0.15) is 24.0 Å². The van der Waals surface area contributed by atoms with E-state index < -0.39 is 23.3 Å². The molecule has 10 nitrogen and oxygen atoms in total. The van der Waals surface area contributed by atoms with Gasteiger partial charge in [0.1, 0.15) is 23.3 Å². The van der Waals surface area contributed by atoms with Crippen LogP contribution >= 0.6 is 0 Å². The fourth-order valence-corrected chi connectivity index (χ4v) is 6.37. The average molecular weight is 622 g/mol. The first-order valence-electron chi connectivity index (χ1n) is 14.8. The minimum atomic E-state index is -0.655. The third-order valence-electron chi connectivity index (χ3n) is 8.59. The molecule has 45 heavy (non-hydrogen) atoms. The topological polar surface area (TPSA) is 105 Å². The lowest BCUT2D eigenvalue weighted by molar-refractivity contribution is 0.0718. The standard InChI is InChI=1S/C31H31F4N9O/c32-22-6-4-20(25(34)12-22)16-41(17-21-5-7-23(33)13-26(21)35)14-19-3-8-24-18-43(10-9-42(24)15-19)30-38-29(36)44-31(39-30)37-28(40-44)27-2-1-11-45-27/h1-2,4-7,11-13,19,24H,3,8-10,14-18H2,(H2,36,37,38,39,40). The molecule has 14 heteroatoms. The monoisotopic (exact) mass is 621 g/mol. The molecule has 2 unspecified atom stereocenters. The number of nitrogens with two attached hydrogens (primary N) is 1. The summed E-state index contributed by atoms with van der Waals surface area (Å²) in [5, 5.41) is 4.36. The van der Waals surface area contributed by atoms with E-state index in [1.54, 1.807) is 18.4 Å². The van der Waals surface area contributed by atoms with Crippen LogP contribution in [0.4, 0.5) is 29.5 Å². The number of hydrogen-bond donors (Lipinski definition) is 1. The molecule has 2 aliphatic heterocycles. The second-order valence-electron chi connectivity index (χ2n) is 11.7. The summed E-state index contributed by atoms with van der Waals surface area (Å²) in [7, 11) is 0. The number of halogens is 4. The fourth-order valence-electron chi connectivity index (χ4n) is 6.37. The summed E-state index contributed by atoms with van der Waals surface area (Å²) < 4.78 is 63.1. The molecule has 2 atom stereocenters. The molecule has 0 amide bonds. The van der Waals surface area contributed by atoms with E-state index >= 15 is 0 Å².